The van der Waals surface area contributed by atoms with Crippen LogP contribution in [-0.4, -0.2) is 29.8 Å². The third-order valence-corrected chi connectivity index (χ3v) is 2.90. The zero-order valence-corrected chi connectivity index (χ0v) is 11.0. The molecule has 1 atom stereocenters. The number of amides is 2. The quantitative estimate of drug-likeness (QED) is 0.715. The van der Waals surface area contributed by atoms with Crippen molar-refractivity contribution in [2.24, 2.45) is 11.5 Å². The fourth-order valence-electron chi connectivity index (χ4n) is 1.99. The van der Waals surface area contributed by atoms with Crippen molar-refractivity contribution in [3.8, 4) is 0 Å². The van der Waals surface area contributed by atoms with Gasteiger partial charge < -0.3 is 21.3 Å². The summed E-state index contributed by atoms with van der Waals surface area (Å²) in [6, 6.07) is 3.34. The van der Waals surface area contributed by atoms with Gasteiger partial charge in [-0.15, -0.1) is 0 Å². The van der Waals surface area contributed by atoms with E-state index in [4.69, 9.17) is 21.3 Å². The molecule has 1 aromatic rings. The van der Waals surface area contributed by atoms with Gasteiger partial charge in [0.05, 0.1) is 6.61 Å². The number of benzene rings is 1. The van der Waals surface area contributed by atoms with Crippen LogP contribution in [0.4, 0.5) is 4.79 Å². The molecule has 0 radical (unpaired) electrons. The van der Waals surface area contributed by atoms with Gasteiger partial charge in [0.15, 0.2) is 0 Å². The Balaban J connectivity index is 3.01. The topological polar surface area (TPSA) is 116 Å². The van der Waals surface area contributed by atoms with Crippen LogP contribution in [0.15, 0.2) is 12.1 Å². The Hall–Kier alpha value is -2.08. The van der Waals surface area contributed by atoms with Gasteiger partial charge >= 0.3 is 6.09 Å². The van der Waals surface area contributed by atoms with Crippen LogP contribution in [0.25, 0.3) is 0 Å². The summed E-state index contributed by atoms with van der Waals surface area (Å²) in [5.74, 6) is -0.496. The molecule has 2 amide bonds. The van der Waals surface area contributed by atoms with Crippen LogP contribution >= 0.6 is 0 Å². The number of hydrogen-bond acceptors (Lipinski definition) is 4. The summed E-state index contributed by atoms with van der Waals surface area (Å²) in [5.41, 5.74) is 13.2. The molecule has 5 N–H and O–H groups in total. The highest BCUT2D eigenvalue weighted by molar-refractivity contribution is 5.93. The molecule has 0 heterocycles. The van der Waals surface area contributed by atoms with E-state index in [1.54, 1.807) is 12.1 Å². The van der Waals surface area contributed by atoms with Gasteiger partial charge in [-0.2, -0.15) is 0 Å². The Morgan fingerprint density at radius 1 is 1.26 bits per heavy atom. The van der Waals surface area contributed by atoms with Crippen LogP contribution in [0.3, 0.4) is 0 Å². The van der Waals surface area contributed by atoms with Crippen molar-refractivity contribution < 1.29 is 19.4 Å². The number of carbonyl (C=O) groups excluding carboxylic acids is 2. The highest BCUT2D eigenvalue weighted by atomic mass is 16.6. The second-order valence-corrected chi connectivity index (χ2v) is 4.40. The lowest BCUT2D eigenvalue weighted by Crippen LogP contribution is -2.28. The van der Waals surface area contributed by atoms with Crippen molar-refractivity contribution in [3.05, 3.63) is 34.4 Å². The third-order valence-electron chi connectivity index (χ3n) is 2.90. The van der Waals surface area contributed by atoms with E-state index >= 15 is 0 Å². The van der Waals surface area contributed by atoms with Gasteiger partial charge in [-0.25, -0.2) is 4.79 Å². The predicted octanol–water partition coefficient (Wildman–Crippen LogP) is 0.401. The van der Waals surface area contributed by atoms with Crippen LogP contribution in [0.1, 0.15) is 27.0 Å². The number of aliphatic hydroxyl groups excluding tert-OH is 1. The maximum atomic E-state index is 11.1. The van der Waals surface area contributed by atoms with Crippen molar-refractivity contribution in [2.45, 2.75) is 26.4 Å². The second kappa shape index (κ2) is 6.19. The van der Waals surface area contributed by atoms with Gasteiger partial charge in [0.2, 0.25) is 5.91 Å². The minimum atomic E-state index is -0.928. The lowest BCUT2D eigenvalue weighted by molar-refractivity contribution is 0.0637. The molecule has 0 aliphatic heterocycles. The smallest absolute Gasteiger partial charge is 0.404 e. The standard InChI is InChI=1S/C13H18N2O4/c1-7-3-9(12(14)17)4-8(2)11(7)5-10(6-16)19-13(15)18/h3-4,10,16H,5-6H2,1-2H3,(H2,14,17)(H2,15,18). The van der Waals surface area contributed by atoms with E-state index in [9.17, 15) is 9.59 Å². The Bertz CT molecular complexity index is 476. The zero-order chi connectivity index (χ0) is 14.6. The number of primary amides is 2. The van der Waals surface area contributed by atoms with E-state index in [0.29, 0.717) is 12.0 Å². The first kappa shape index (κ1) is 15.0. The molecule has 104 valence electrons. The second-order valence-electron chi connectivity index (χ2n) is 4.40. The first-order chi connectivity index (χ1) is 8.85. The minimum Gasteiger partial charge on any atom is -0.444 e. The first-order valence-electron chi connectivity index (χ1n) is 5.82. The van der Waals surface area contributed by atoms with Gasteiger partial charge in [0.1, 0.15) is 6.10 Å². The number of hydrogen-bond donors (Lipinski definition) is 3. The summed E-state index contributed by atoms with van der Waals surface area (Å²) in [7, 11) is 0. The molecule has 0 aliphatic carbocycles. The molecule has 0 bridgehead atoms. The van der Waals surface area contributed by atoms with Gasteiger partial charge in [0.25, 0.3) is 0 Å². The van der Waals surface area contributed by atoms with Gasteiger partial charge in [-0.05, 0) is 42.7 Å². The molecular weight excluding hydrogens is 248 g/mol. The summed E-state index contributed by atoms with van der Waals surface area (Å²) in [4.78, 5) is 21.8. The lowest BCUT2D eigenvalue weighted by atomic mass is 9.95. The Morgan fingerprint density at radius 3 is 2.16 bits per heavy atom. The fraction of sp³-hybridized carbons (Fsp3) is 0.385. The Labute approximate surface area is 111 Å². The average molecular weight is 266 g/mol. The number of carbonyl (C=O) groups is 2. The van der Waals surface area contributed by atoms with Gasteiger partial charge in [0, 0.05) is 12.0 Å². The lowest BCUT2D eigenvalue weighted by Gasteiger charge is -2.17. The SMILES string of the molecule is Cc1cc(C(N)=O)cc(C)c1CC(CO)OC(N)=O. The summed E-state index contributed by atoms with van der Waals surface area (Å²) in [5, 5.41) is 9.15. The van der Waals surface area contributed by atoms with Crippen LogP contribution < -0.4 is 11.5 Å². The number of aliphatic hydroxyl groups is 1. The number of ether oxygens (including phenoxy) is 1. The zero-order valence-electron chi connectivity index (χ0n) is 11.0. The maximum Gasteiger partial charge on any atom is 0.404 e. The molecule has 1 unspecified atom stereocenters. The summed E-state index contributed by atoms with van der Waals surface area (Å²) >= 11 is 0. The molecule has 19 heavy (non-hydrogen) atoms. The van der Waals surface area contributed by atoms with E-state index in [-0.39, 0.29) is 6.61 Å². The molecule has 0 fully saturated rings. The highest BCUT2D eigenvalue weighted by Gasteiger charge is 2.16. The van der Waals surface area contributed by atoms with E-state index in [0.717, 1.165) is 16.7 Å². The normalized spacial score (nSPS) is 11.9. The molecule has 0 spiro atoms. The third kappa shape index (κ3) is 3.96. The van der Waals surface area contributed by atoms with Crippen LogP contribution in [-0.2, 0) is 11.2 Å². The Morgan fingerprint density at radius 2 is 1.79 bits per heavy atom. The van der Waals surface area contributed by atoms with Crippen molar-refractivity contribution in [1.82, 2.24) is 0 Å². The molecule has 1 rings (SSSR count). The fourth-order valence-corrected chi connectivity index (χ4v) is 1.99. The molecular formula is C13H18N2O4. The molecule has 6 heteroatoms. The first-order valence-corrected chi connectivity index (χ1v) is 5.82. The average Bonchev–Trinajstić information content (AvgIpc) is 2.31. The highest BCUT2D eigenvalue weighted by Crippen LogP contribution is 2.19. The molecule has 0 saturated heterocycles. The molecule has 0 aromatic heterocycles. The maximum absolute atomic E-state index is 11.1. The molecule has 6 nitrogen and oxygen atoms in total. The summed E-state index contributed by atoms with van der Waals surface area (Å²) < 4.78 is 4.79. The number of aryl methyl sites for hydroxylation is 2. The van der Waals surface area contributed by atoms with E-state index in [1.807, 2.05) is 13.8 Å². The van der Waals surface area contributed by atoms with Crippen LogP contribution in [0.5, 0.6) is 0 Å². The van der Waals surface area contributed by atoms with Crippen molar-refractivity contribution in [2.75, 3.05) is 6.61 Å². The van der Waals surface area contributed by atoms with E-state index < -0.39 is 18.1 Å². The monoisotopic (exact) mass is 266 g/mol. The summed E-state index contributed by atoms with van der Waals surface area (Å²) in [6.45, 7) is 3.33. The van der Waals surface area contributed by atoms with E-state index in [2.05, 4.69) is 0 Å². The number of rotatable bonds is 5. The van der Waals surface area contributed by atoms with Crippen LogP contribution in [0, 0.1) is 13.8 Å². The molecule has 0 aliphatic rings. The van der Waals surface area contributed by atoms with Crippen molar-refractivity contribution in [3.63, 3.8) is 0 Å². The Kier molecular flexibility index (Phi) is 4.88. The van der Waals surface area contributed by atoms with E-state index in [1.165, 1.54) is 0 Å². The number of nitrogens with two attached hydrogens (primary N) is 2. The molecule has 0 saturated carbocycles. The van der Waals surface area contributed by atoms with Crippen molar-refractivity contribution in [1.29, 1.82) is 0 Å². The predicted molar refractivity (Wildman–Crippen MR) is 69.7 cm³/mol. The summed E-state index contributed by atoms with van der Waals surface area (Å²) in [6.07, 6.45) is -1.30. The largest absolute Gasteiger partial charge is 0.444 e. The van der Waals surface area contributed by atoms with Gasteiger partial charge in [-0.3, -0.25) is 4.79 Å². The minimum absolute atomic E-state index is 0.320. The van der Waals surface area contributed by atoms with Crippen LogP contribution in [0.2, 0.25) is 0 Å². The van der Waals surface area contributed by atoms with Crippen molar-refractivity contribution >= 4 is 12.0 Å². The van der Waals surface area contributed by atoms with Gasteiger partial charge in [-0.1, -0.05) is 0 Å². The molecule has 1 aromatic carbocycles.